The Labute approximate surface area is 96.4 Å². The number of amides is 1. The van der Waals surface area contributed by atoms with Gasteiger partial charge in [-0.3, -0.25) is 9.48 Å². The maximum absolute atomic E-state index is 11.6. The molecule has 0 aromatic carbocycles. The predicted octanol–water partition coefficient (Wildman–Crippen LogP) is 0.873. The number of hydrogen-bond donors (Lipinski definition) is 1. The lowest BCUT2D eigenvalue weighted by atomic mass is 10.3. The van der Waals surface area contributed by atoms with Gasteiger partial charge in [0.05, 0.1) is 17.9 Å². The molecule has 0 radical (unpaired) electrons. The van der Waals surface area contributed by atoms with E-state index >= 15 is 0 Å². The van der Waals surface area contributed by atoms with Gasteiger partial charge >= 0.3 is 0 Å². The normalized spacial score (nSPS) is 10.2. The van der Waals surface area contributed by atoms with E-state index in [1.54, 1.807) is 16.6 Å². The molecule has 1 heterocycles. The van der Waals surface area contributed by atoms with Crippen LogP contribution in [0.2, 0.25) is 0 Å². The lowest BCUT2D eigenvalue weighted by Gasteiger charge is -2.14. The Morgan fingerprint density at radius 2 is 2.25 bits per heavy atom. The maximum Gasteiger partial charge on any atom is 0.241 e. The van der Waals surface area contributed by atoms with E-state index in [9.17, 15) is 4.79 Å². The van der Waals surface area contributed by atoms with E-state index in [0.29, 0.717) is 6.54 Å². The fourth-order valence-electron chi connectivity index (χ4n) is 1.43. The quantitative estimate of drug-likeness (QED) is 0.807. The van der Waals surface area contributed by atoms with Gasteiger partial charge < -0.3 is 10.2 Å². The third kappa shape index (κ3) is 2.98. The summed E-state index contributed by atoms with van der Waals surface area (Å²) in [6.45, 7) is 5.06. The Morgan fingerprint density at radius 3 is 2.81 bits per heavy atom. The van der Waals surface area contributed by atoms with Gasteiger partial charge in [0.2, 0.25) is 5.91 Å². The molecule has 1 aromatic rings. The highest BCUT2D eigenvalue weighted by atomic mass is 16.2. The van der Waals surface area contributed by atoms with Crippen LogP contribution >= 0.6 is 0 Å². The average Bonchev–Trinajstić information content (AvgIpc) is 2.65. The molecule has 1 amide bonds. The molecule has 0 atom stereocenters. The van der Waals surface area contributed by atoms with Crippen LogP contribution in [0.4, 0.5) is 5.69 Å². The number of anilines is 1. The Hall–Kier alpha value is -1.52. The molecule has 90 valence electrons. The molecule has 5 nitrogen and oxygen atoms in total. The highest BCUT2D eigenvalue weighted by molar-refractivity contribution is 5.80. The minimum absolute atomic E-state index is 0.0911. The summed E-state index contributed by atoms with van der Waals surface area (Å²) in [6, 6.07) is 0. The first-order valence-electron chi connectivity index (χ1n) is 5.58. The minimum Gasteiger partial charge on any atom is -0.373 e. The zero-order chi connectivity index (χ0) is 12.1. The van der Waals surface area contributed by atoms with Crippen LogP contribution in [0.25, 0.3) is 0 Å². The number of nitrogens with one attached hydrogen (secondary N) is 1. The highest BCUT2D eigenvalue weighted by Gasteiger charge is 2.09. The van der Waals surface area contributed by atoms with Crippen molar-refractivity contribution in [2.45, 2.75) is 20.3 Å². The Morgan fingerprint density at radius 1 is 1.56 bits per heavy atom. The molecule has 5 heteroatoms. The summed E-state index contributed by atoms with van der Waals surface area (Å²) in [5, 5.41) is 7.43. The number of carbonyl (C=O) groups is 1. The zero-order valence-electron chi connectivity index (χ0n) is 10.4. The standard InChI is InChI=1S/C11H20N4O/c1-5-9-10(8-15(4)13-9)12-7-11(16)14(3)6-2/h8,12H,5-7H2,1-4H3. The van der Waals surface area contributed by atoms with Crippen LogP contribution in [0.5, 0.6) is 0 Å². The van der Waals surface area contributed by atoms with Crippen LogP contribution < -0.4 is 5.32 Å². The van der Waals surface area contributed by atoms with Crippen molar-refractivity contribution in [2.24, 2.45) is 7.05 Å². The van der Waals surface area contributed by atoms with Gasteiger partial charge in [0.1, 0.15) is 0 Å². The molecule has 0 aliphatic rings. The fourth-order valence-corrected chi connectivity index (χ4v) is 1.43. The van der Waals surface area contributed by atoms with Crippen LogP contribution in [0, 0.1) is 0 Å². The first-order chi connectivity index (χ1) is 7.58. The number of aromatic nitrogens is 2. The topological polar surface area (TPSA) is 50.2 Å². The SMILES string of the molecule is CCc1nn(C)cc1NCC(=O)N(C)CC. The van der Waals surface area contributed by atoms with Crippen LogP contribution in [-0.2, 0) is 18.3 Å². The number of hydrogen-bond acceptors (Lipinski definition) is 3. The van der Waals surface area contributed by atoms with Gasteiger partial charge in [-0.15, -0.1) is 0 Å². The third-order valence-corrected chi connectivity index (χ3v) is 2.57. The molecule has 0 aliphatic carbocycles. The molecule has 1 N–H and O–H groups in total. The second-order valence-corrected chi connectivity index (χ2v) is 3.78. The molecule has 0 fully saturated rings. The monoisotopic (exact) mass is 224 g/mol. The van der Waals surface area contributed by atoms with Crippen molar-refractivity contribution in [2.75, 3.05) is 25.5 Å². The first kappa shape index (κ1) is 12.5. The Kier molecular flexibility index (Phi) is 4.34. The molecule has 0 saturated heterocycles. The smallest absolute Gasteiger partial charge is 0.241 e. The molecular weight excluding hydrogens is 204 g/mol. The van der Waals surface area contributed by atoms with Gasteiger partial charge in [0.25, 0.3) is 0 Å². The zero-order valence-corrected chi connectivity index (χ0v) is 10.4. The number of likely N-dealkylation sites (N-methyl/N-ethyl adjacent to an activating group) is 1. The van der Waals surface area contributed by atoms with Crippen molar-refractivity contribution in [3.05, 3.63) is 11.9 Å². The summed E-state index contributed by atoms with van der Waals surface area (Å²) >= 11 is 0. The molecule has 0 spiro atoms. The van der Waals surface area contributed by atoms with Gasteiger partial charge in [-0.25, -0.2) is 0 Å². The summed E-state index contributed by atoms with van der Waals surface area (Å²) in [7, 11) is 3.68. The maximum atomic E-state index is 11.6. The molecule has 0 bridgehead atoms. The van der Waals surface area contributed by atoms with Crippen LogP contribution in [-0.4, -0.2) is 40.7 Å². The van der Waals surface area contributed by atoms with E-state index < -0.39 is 0 Å². The fraction of sp³-hybridized carbons (Fsp3) is 0.636. The predicted molar refractivity (Wildman–Crippen MR) is 64.4 cm³/mol. The number of carbonyl (C=O) groups excluding carboxylic acids is 1. The average molecular weight is 224 g/mol. The summed E-state index contributed by atoms with van der Waals surface area (Å²) < 4.78 is 1.76. The lowest BCUT2D eigenvalue weighted by molar-refractivity contribution is -0.127. The van der Waals surface area contributed by atoms with E-state index in [1.807, 2.05) is 27.1 Å². The van der Waals surface area contributed by atoms with E-state index in [4.69, 9.17) is 0 Å². The molecule has 0 unspecified atom stereocenters. The first-order valence-corrected chi connectivity index (χ1v) is 5.58. The van der Waals surface area contributed by atoms with Gasteiger partial charge in [-0.1, -0.05) is 6.92 Å². The van der Waals surface area contributed by atoms with Gasteiger partial charge in [0, 0.05) is 26.8 Å². The molecule has 16 heavy (non-hydrogen) atoms. The summed E-state index contributed by atoms with van der Waals surface area (Å²) in [4.78, 5) is 13.3. The Balaban J connectivity index is 2.57. The molecule has 1 aromatic heterocycles. The van der Waals surface area contributed by atoms with Crippen molar-refractivity contribution in [1.82, 2.24) is 14.7 Å². The van der Waals surface area contributed by atoms with Crippen LogP contribution in [0.3, 0.4) is 0 Å². The van der Waals surface area contributed by atoms with Crippen LogP contribution in [0.15, 0.2) is 6.20 Å². The molecule has 1 rings (SSSR count). The van der Waals surface area contributed by atoms with E-state index in [0.717, 1.165) is 24.3 Å². The van der Waals surface area contributed by atoms with Crippen molar-refractivity contribution in [3.63, 3.8) is 0 Å². The van der Waals surface area contributed by atoms with Crippen molar-refractivity contribution >= 4 is 11.6 Å². The van der Waals surface area contributed by atoms with Crippen molar-refractivity contribution < 1.29 is 4.79 Å². The third-order valence-electron chi connectivity index (χ3n) is 2.57. The molecule has 0 saturated carbocycles. The summed E-state index contributed by atoms with van der Waals surface area (Å²) in [5.41, 5.74) is 1.94. The molecule has 0 aliphatic heterocycles. The van der Waals surface area contributed by atoms with Crippen molar-refractivity contribution in [1.29, 1.82) is 0 Å². The summed E-state index contributed by atoms with van der Waals surface area (Å²) in [6.07, 6.45) is 2.76. The van der Waals surface area contributed by atoms with Crippen molar-refractivity contribution in [3.8, 4) is 0 Å². The number of rotatable bonds is 5. The lowest BCUT2D eigenvalue weighted by Crippen LogP contribution is -2.31. The largest absolute Gasteiger partial charge is 0.373 e. The van der Waals surface area contributed by atoms with E-state index in [-0.39, 0.29) is 5.91 Å². The van der Waals surface area contributed by atoms with E-state index in [1.165, 1.54) is 0 Å². The second kappa shape index (κ2) is 5.53. The second-order valence-electron chi connectivity index (χ2n) is 3.78. The minimum atomic E-state index is 0.0911. The Bertz CT molecular complexity index is 359. The number of nitrogens with zero attached hydrogens (tertiary/aromatic N) is 3. The van der Waals surface area contributed by atoms with E-state index in [2.05, 4.69) is 10.4 Å². The van der Waals surface area contributed by atoms with Gasteiger partial charge in [0.15, 0.2) is 0 Å². The summed E-state index contributed by atoms with van der Waals surface area (Å²) in [5.74, 6) is 0.0911. The number of aryl methyl sites for hydroxylation is 2. The highest BCUT2D eigenvalue weighted by Crippen LogP contribution is 2.12. The van der Waals surface area contributed by atoms with Gasteiger partial charge in [-0.2, -0.15) is 5.10 Å². The van der Waals surface area contributed by atoms with Gasteiger partial charge in [-0.05, 0) is 13.3 Å². The molecular formula is C11H20N4O. The van der Waals surface area contributed by atoms with Crippen LogP contribution in [0.1, 0.15) is 19.5 Å².